The van der Waals surface area contributed by atoms with E-state index in [1.807, 2.05) is 18.2 Å². The molecule has 0 aliphatic carbocycles. The van der Waals surface area contributed by atoms with Crippen molar-refractivity contribution >= 4 is 33.3 Å². The molecule has 6 nitrogen and oxygen atoms in total. The smallest absolute Gasteiger partial charge is 0.336 e. The number of fused-ring (bicyclic) bond motifs is 1. The fourth-order valence-electron chi connectivity index (χ4n) is 3.72. The summed E-state index contributed by atoms with van der Waals surface area (Å²) in [6.45, 7) is 3.15. The Kier molecular flexibility index (Phi) is 5.83. The van der Waals surface area contributed by atoms with Gasteiger partial charge in [0.1, 0.15) is 0 Å². The molecule has 146 valence electrons. The van der Waals surface area contributed by atoms with Gasteiger partial charge < -0.3 is 15.7 Å². The van der Waals surface area contributed by atoms with Gasteiger partial charge in [-0.2, -0.15) is 0 Å². The highest BCUT2D eigenvalue weighted by atomic mass is 32.1. The normalized spacial score (nSPS) is 15.0. The van der Waals surface area contributed by atoms with Crippen molar-refractivity contribution in [1.82, 2.24) is 15.3 Å². The molecule has 3 N–H and O–H groups in total. The Morgan fingerprint density at radius 3 is 2.96 bits per heavy atom. The molecule has 0 unspecified atom stereocenters. The third-order valence-corrected chi connectivity index (χ3v) is 6.35. The molecular weight excluding hydrogens is 372 g/mol. The van der Waals surface area contributed by atoms with Crippen molar-refractivity contribution in [3.05, 3.63) is 42.1 Å². The van der Waals surface area contributed by atoms with Gasteiger partial charge in [0.15, 0.2) is 0 Å². The molecule has 1 saturated heterocycles. The fraction of sp³-hybridized carbons (Fsp3) is 0.381. The summed E-state index contributed by atoms with van der Waals surface area (Å²) in [5.74, 6) is 0.546. The molecule has 7 heteroatoms. The van der Waals surface area contributed by atoms with E-state index in [-0.39, 0.29) is 0 Å². The number of nitrogens with one attached hydrogen (secondary N) is 2. The van der Waals surface area contributed by atoms with E-state index in [0.29, 0.717) is 11.5 Å². The minimum absolute atomic E-state index is 0.324. The van der Waals surface area contributed by atoms with Gasteiger partial charge in [-0.25, -0.2) is 14.8 Å². The number of thiophene rings is 1. The third kappa shape index (κ3) is 4.31. The predicted molar refractivity (Wildman–Crippen MR) is 113 cm³/mol. The molecule has 0 radical (unpaired) electrons. The number of carboxylic acids is 1. The maximum atomic E-state index is 11.4. The maximum Gasteiger partial charge on any atom is 0.336 e. The Hall–Kier alpha value is -2.51. The van der Waals surface area contributed by atoms with E-state index in [0.717, 1.165) is 52.6 Å². The van der Waals surface area contributed by atoms with Gasteiger partial charge in [-0.15, -0.1) is 11.3 Å². The van der Waals surface area contributed by atoms with Gasteiger partial charge in [0.2, 0.25) is 5.95 Å². The monoisotopic (exact) mass is 396 g/mol. The van der Waals surface area contributed by atoms with Crippen LogP contribution < -0.4 is 10.6 Å². The van der Waals surface area contributed by atoms with Gasteiger partial charge in [-0.3, -0.25) is 0 Å². The number of piperidine rings is 1. The number of anilines is 1. The number of hydrogen-bond acceptors (Lipinski definition) is 6. The highest BCUT2D eigenvalue weighted by molar-refractivity contribution is 7.22. The van der Waals surface area contributed by atoms with Gasteiger partial charge in [0, 0.05) is 22.8 Å². The summed E-state index contributed by atoms with van der Waals surface area (Å²) >= 11 is 1.55. The third-order valence-electron chi connectivity index (χ3n) is 5.23. The van der Waals surface area contributed by atoms with Gasteiger partial charge in [0.05, 0.1) is 16.1 Å². The summed E-state index contributed by atoms with van der Waals surface area (Å²) in [6, 6.07) is 9.13. The summed E-state index contributed by atoms with van der Waals surface area (Å²) in [6.07, 6.45) is 6.65. The second-order valence-corrected chi connectivity index (χ2v) is 8.24. The fourth-order valence-corrected chi connectivity index (χ4v) is 4.77. The molecule has 1 aliphatic rings. The highest BCUT2D eigenvalue weighted by Gasteiger charge is 2.14. The van der Waals surface area contributed by atoms with Crippen molar-refractivity contribution in [3.8, 4) is 10.6 Å². The van der Waals surface area contributed by atoms with Gasteiger partial charge in [0.25, 0.3) is 0 Å². The zero-order valence-corrected chi connectivity index (χ0v) is 16.5. The first-order chi connectivity index (χ1) is 13.7. The topological polar surface area (TPSA) is 87.1 Å². The van der Waals surface area contributed by atoms with Crippen LogP contribution in [0.4, 0.5) is 5.95 Å². The Morgan fingerprint density at radius 1 is 1.29 bits per heavy atom. The van der Waals surface area contributed by atoms with E-state index in [2.05, 4.69) is 20.6 Å². The first-order valence-electron chi connectivity index (χ1n) is 9.74. The number of aromatic nitrogens is 2. The van der Waals surface area contributed by atoms with E-state index >= 15 is 0 Å². The first kappa shape index (κ1) is 18.8. The SMILES string of the molecule is O=C(O)c1cccc2sc(-c3ccnc(NCCCC4CCNCC4)n3)cc12. The maximum absolute atomic E-state index is 11.4. The minimum Gasteiger partial charge on any atom is -0.478 e. The lowest BCUT2D eigenvalue weighted by atomic mass is 9.93. The average Bonchev–Trinajstić information content (AvgIpc) is 3.16. The summed E-state index contributed by atoms with van der Waals surface area (Å²) in [4.78, 5) is 21.3. The quantitative estimate of drug-likeness (QED) is 0.518. The number of aromatic carboxylic acids is 1. The molecule has 0 bridgehead atoms. The average molecular weight is 397 g/mol. The zero-order chi connectivity index (χ0) is 19.3. The molecule has 0 atom stereocenters. The summed E-state index contributed by atoms with van der Waals surface area (Å²) in [5, 5.41) is 16.9. The number of carbonyl (C=O) groups is 1. The van der Waals surface area contributed by atoms with E-state index in [1.54, 1.807) is 29.7 Å². The molecule has 0 spiro atoms. The van der Waals surface area contributed by atoms with E-state index in [4.69, 9.17) is 0 Å². The molecular formula is C21H24N4O2S. The number of benzene rings is 1. The Labute approximate surface area is 168 Å². The summed E-state index contributed by atoms with van der Waals surface area (Å²) < 4.78 is 0.949. The van der Waals surface area contributed by atoms with Gasteiger partial charge >= 0.3 is 5.97 Å². The van der Waals surface area contributed by atoms with E-state index in [9.17, 15) is 9.90 Å². The molecule has 1 fully saturated rings. The lowest BCUT2D eigenvalue weighted by Gasteiger charge is -2.22. The van der Waals surface area contributed by atoms with Crippen LogP contribution in [0.5, 0.6) is 0 Å². The molecule has 3 heterocycles. The second-order valence-electron chi connectivity index (χ2n) is 7.16. The van der Waals surface area contributed by atoms with Crippen LogP contribution in [0, 0.1) is 5.92 Å². The molecule has 0 amide bonds. The Bertz CT molecular complexity index is 966. The predicted octanol–water partition coefficient (Wildman–Crippen LogP) is 4.25. The van der Waals surface area contributed by atoms with Crippen LogP contribution >= 0.6 is 11.3 Å². The van der Waals surface area contributed by atoms with Crippen LogP contribution in [0.15, 0.2) is 36.5 Å². The standard InChI is InChI=1S/C21H24N4O2S/c26-20(27)15-4-1-5-18-16(15)13-19(28-18)17-8-12-24-21(25-17)23-9-2-3-14-6-10-22-11-7-14/h1,4-5,8,12-14,22H,2-3,6-7,9-11H2,(H,26,27)(H,23,24,25). The first-order valence-corrected chi connectivity index (χ1v) is 10.6. The molecule has 2 aromatic heterocycles. The van der Waals surface area contributed by atoms with E-state index in [1.165, 1.54) is 19.3 Å². The van der Waals surface area contributed by atoms with Crippen molar-refractivity contribution < 1.29 is 9.90 Å². The highest BCUT2D eigenvalue weighted by Crippen LogP contribution is 2.34. The molecule has 28 heavy (non-hydrogen) atoms. The number of hydrogen-bond donors (Lipinski definition) is 3. The van der Waals surface area contributed by atoms with Gasteiger partial charge in [-0.05, 0) is 69.0 Å². The van der Waals surface area contributed by atoms with Crippen LogP contribution in [0.2, 0.25) is 0 Å². The second kappa shape index (κ2) is 8.67. The molecule has 0 saturated carbocycles. The lowest BCUT2D eigenvalue weighted by molar-refractivity contribution is 0.0699. The minimum atomic E-state index is -0.909. The van der Waals surface area contributed by atoms with Crippen molar-refractivity contribution in [2.45, 2.75) is 25.7 Å². The summed E-state index contributed by atoms with van der Waals surface area (Å²) in [5.41, 5.74) is 1.14. The number of nitrogens with zero attached hydrogens (tertiary/aromatic N) is 2. The van der Waals surface area contributed by atoms with Crippen molar-refractivity contribution in [2.24, 2.45) is 5.92 Å². The number of rotatable bonds is 7. The number of carboxylic acid groups (broad SMARTS) is 1. The van der Waals surface area contributed by atoms with Crippen LogP contribution in [-0.2, 0) is 0 Å². The largest absolute Gasteiger partial charge is 0.478 e. The Balaban J connectivity index is 1.42. The molecule has 3 aromatic rings. The molecule has 1 aromatic carbocycles. The molecule has 4 rings (SSSR count). The molecule has 1 aliphatic heterocycles. The van der Waals surface area contributed by atoms with Crippen molar-refractivity contribution in [3.63, 3.8) is 0 Å². The van der Waals surface area contributed by atoms with Crippen molar-refractivity contribution in [1.29, 1.82) is 0 Å². The zero-order valence-electron chi connectivity index (χ0n) is 15.6. The van der Waals surface area contributed by atoms with Crippen LogP contribution in [0.3, 0.4) is 0 Å². The Morgan fingerprint density at radius 2 is 2.14 bits per heavy atom. The van der Waals surface area contributed by atoms with Crippen LogP contribution in [0.1, 0.15) is 36.0 Å². The summed E-state index contributed by atoms with van der Waals surface area (Å²) in [7, 11) is 0. The van der Waals surface area contributed by atoms with Crippen molar-refractivity contribution in [2.75, 3.05) is 25.0 Å². The van der Waals surface area contributed by atoms with Gasteiger partial charge in [-0.1, -0.05) is 6.07 Å². The lowest BCUT2D eigenvalue weighted by Crippen LogP contribution is -2.27. The van der Waals surface area contributed by atoms with Crippen LogP contribution in [-0.4, -0.2) is 40.7 Å². The van der Waals surface area contributed by atoms with Crippen LogP contribution in [0.25, 0.3) is 20.7 Å². The van der Waals surface area contributed by atoms with E-state index < -0.39 is 5.97 Å².